The maximum Gasteiger partial charge on any atom is 0.0482 e. The van der Waals surface area contributed by atoms with E-state index >= 15 is 0 Å². The molecular formula is C11H16ClN. The van der Waals surface area contributed by atoms with E-state index < -0.39 is 0 Å². The first kappa shape index (κ1) is 10.4. The molecule has 1 aromatic rings. The molecule has 0 fully saturated rings. The van der Waals surface area contributed by atoms with Crippen LogP contribution in [0.2, 0.25) is 0 Å². The van der Waals surface area contributed by atoms with Crippen molar-refractivity contribution in [3.63, 3.8) is 0 Å². The van der Waals surface area contributed by atoms with Gasteiger partial charge in [-0.05, 0) is 31.5 Å². The molecule has 0 aliphatic heterocycles. The number of benzene rings is 1. The first-order valence-corrected chi connectivity index (χ1v) is 4.95. The molecule has 2 heteroatoms. The highest BCUT2D eigenvalue weighted by Gasteiger charge is 2.03. The van der Waals surface area contributed by atoms with Crippen LogP contribution in [0.3, 0.4) is 0 Å². The molecule has 1 rings (SSSR count). The lowest BCUT2D eigenvalue weighted by Crippen LogP contribution is -2.23. The molecular weight excluding hydrogens is 182 g/mol. The van der Waals surface area contributed by atoms with Crippen molar-refractivity contribution in [2.75, 3.05) is 18.5 Å². The number of rotatable bonds is 3. The molecule has 0 saturated heterocycles. The Morgan fingerprint density at radius 1 is 1.46 bits per heavy atom. The van der Waals surface area contributed by atoms with Gasteiger partial charge >= 0.3 is 0 Å². The highest BCUT2D eigenvalue weighted by atomic mass is 35.5. The van der Waals surface area contributed by atoms with Crippen LogP contribution in [-0.4, -0.2) is 19.0 Å². The molecule has 0 saturated carbocycles. The second-order valence-electron chi connectivity index (χ2n) is 3.50. The summed E-state index contributed by atoms with van der Waals surface area (Å²) in [6.07, 6.45) is 0. The number of alkyl halides is 1. The molecule has 1 unspecified atom stereocenters. The quantitative estimate of drug-likeness (QED) is 0.674. The van der Waals surface area contributed by atoms with Gasteiger partial charge in [0.1, 0.15) is 0 Å². The van der Waals surface area contributed by atoms with Gasteiger partial charge in [0, 0.05) is 24.7 Å². The molecule has 13 heavy (non-hydrogen) atoms. The molecule has 72 valence electrons. The summed E-state index contributed by atoms with van der Waals surface area (Å²) in [5, 5.41) is 0.186. The van der Waals surface area contributed by atoms with Crippen LogP contribution in [0.5, 0.6) is 0 Å². The Hall–Kier alpha value is -0.690. The monoisotopic (exact) mass is 197 g/mol. The van der Waals surface area contributed by atoms with Gasteiger partial charge in [0.2, 0.25) is 0 Å². The van der Waals surface area contributed by atoms with Crippen molar-refractivity contribution in [3.05, 3.63) is 29.8 Å². The minimum atomic E-state index is 0.186. The van der Waals surface area contributed by atoms with E-state index in [9.17, 15) is 0 Å². The summed E-state index contributed by atoms with van der Waals surface area (Å²) >= 11 is 5.92. The van der Waals surface area contributed by atoms with Crippen LogP contribution in [0.4, 0.5) is 5.69 Å². The Kier molecular flexibility index (Phi) is 3.61. The molecule has 1 aromatic carbocycles. The predicted octanol–water partition coefficient (Wildman–Crippen LogP) is 3.06. The third-order valence-corrected chi connectivity index (χ3v) is 2.11. The second kappa shape index (κ2) is 4.52. The zero-order valence-electron chi connectivity index (χ0n) is 8.42. The number of hydrogen-bond donors (Lipinski definition) is 0. The van der Waals surface area contributed by atoms with Crippen molar-refractivity contribution in [3.8, 4) is 0 Å². The number of halogens is 1. The fourth-order valence-corrected chi connectivity index (χ4v) is 1.56. The van der Waals surface area contributed by atoms with Crippen LogP contribution in [0.1, 0.15) is 12.5 Å². The van der Waals surface area contributed by atoms with Crippen molar-refractivity contribution in [1.82, 2.24) is 0 Å². The van der Waals surface area contributed by atoms with Gasteiger partial charge in [-0.2, -0.15) is 0 Å². The molecule has 0 radical (unpaired) electrons. The molecule has 0 N–H and O–H groups in total. The van der Waals surface area contributed by atoms with E-state index in [1.54, 1.807) is 0 Å². The summed E-state index contributed by atoms with van der Waals surface area (Å²) in [6.45, 7) is 4.99. The van der Waals surface area contributed by atoms with Gasteiger partial charge in [0.25, 0.3) is 0 Å². The van der Waals surface area contributed by atoms with Crippen molar-refractivity contribution in [1.29, 1.82) is 0 Å². The highest BCUT2D eigenvalue weighted by Crippen LogP contribution is 2.15. The second-order valence-corrected chi connectivity index (χ2v) is 4.25. The average molecular weight is 198 g/mol. The summed E-state index contributed by atoms with van der Waals surface area (Å²) in [5.41, 5.74) is 2.51. The van der Waals surface area contributed by atoms with Gasteiger partial charge in [-0.15, -0.1) is 11.6 Å². The molecule has 0 bridgehead atoms. The maximum atomic E-state index is 5.92. The number of anilines is 1. The molecule has 0 aliphatic carbocycles. The van der Waals surface area contributed by atoms with E-state index in [2.05, 4.69) is 43.1 Å². The lowest BCUT2D eigenvalue weighted by Gasteiger charge is -2.20. The molecule has 0 heterocycles. The van der Waals surface area contributed by atoms with E-state index in [1.807, 2.05) is 6.92 Å². The molecule has 1 atom stereocenters. The largest absolute Gasteiger partial charge is 0.373 e. The van der Waals surface area contributed by atoms with E-state index in [4.69, 9.17) is 11.6 Å². The molecule has 0 aliphatic rings. The van der Waals surface area contributed by atoms with Crippen LogP contribution in [-0.2, 0) is 0 Å². The van der Waals surface area contributed by atoms with E-state index in [1.165, 1.54) is 11.3 Å². The standard InChI is InChI=1S/C11H16ClN/c1-9-5-4-6-11(7-9)13(3)8-10(2)12/h4-7,10H,8H2,1-3H3. The normalized spacial score (nSPS) is 12.6. The van der Waals surface area contributed by atoms with Gasteiger partial charge in [-0.25, -0.2) is 0 Å². The molecule has 0 aromatic heterocycles. The topological polar surface area (TPSA) is 3.24 Å². The average Bonchev–Trinajstić information content (AvgIpc) is 2.03. The Morgan fingerprint density at radius 3 is 2.69 bits per heavy atom. The summed E-state index contributed by atoms with van der Waals surface area (Å²) < 4.78 is 0. The zero-order chi connectivity index (χ0) is 9.84. The molecule has 1 nitrogen and oxygen atoms in total. The first-order chi connectivity index (χ1) is 6.09. The van der Waals surface area contributed by atoms with E-state index in [0.29, 0.717) is 0 Å². The number of hydrogen-bond acceptors (Lipinski definition) is 1. The van der Waals surface area contributed by atoms with Crippen molar-refractivity contribution < 1.29 is 0 Å². The highest BCUT2D eigenvalue weighted by molar-refractivity contribution is 6.20. The lowest BCUT2D eigenvalue weighted by molar-refractivity contribution is 0.859. The van der Waals surface area contributed by atoms with E-state index in [0.717, 1.165) is 6.54 Å². The van der Waals surface area contributed by atoms with Gasteiger partial charge in [-0.1, -0.05) is 12.1 Å². The predicted molar refractivity (Wildman–Crippen MR) is 59.8 cm³/mol. The van der Waals surface area contributed by atoms with Crippen LogP contribution >= 0.6 is 11.6 Å². The Morgan fingerprint density at radius 2 is 2.15 bits per heavy atom. The zero-order valence-corrected chi connectivity index (χ0v) is 9.17. The Balaban J connectivity index is 2.71. The van der Waals surface area contributed by atoms with Crippen molar-refractivity contribution >= 4 is 17.3 Å². The fraction of sp³-hybridized carbons (Fsp3) is 0.455. The van der Waals surface area contributed by atoms with Crippen molar-refractivity contribution in [2.24, 2.45) is 0 Å². The van der Waals surface area contributed by atoms with Crippen LogP contribution in [0, 0.1) is 6.92 Å². The number of aryl methyl sites for hydroxylation is 1. The van der Waals surface area contributed by atoms with Gasteiger partial charge < -0.3 is 4.90 Å². The van der Waals surface area contributed by atoms with Crippen LogP contribution < -0.4 is 4.90 Å². The van der Waals surface area contributed by atoms with Gasteiger partial charge in [0.15, 0.2) is 0 Å². The van der Waals surface area contributed by atoms with Crippen LogP contribution in [0.15, 0.2) is 24.3 Å². The van der Waals surface area contributed by atoms with Crippen LogP contribution in [0.25, 0.3) is 0 Å². The SMILES string of the molecule is Cc1cccc(N(C)CC(C)Cl)c1. The van der Waals surface area contributed by atoms with E-state index in [-0.39, 0.29) is 5.38 Å². The molecule has 0 amide bonds. The summed E-state index contributed by atoms with van der Waals surface area (Å²) in [5.74, 6) is 0. The maximum absolute atomic E-state index is 5.92. The third kappa shape index (κ3) is 3.27. The van der Waals surface area contributed by atoms with Gasteiger partial charge in [0.05, 0.1) is 0 Å². The third-order valence-electron chi connectivity index (χ3n) is 1.97. The molecule has 0 spiro atoms. The fourth-order valence-electron chi connectivity index (χ4n) is 1.35. The summed E-state index contributed by atoms with van der Waals surface area (Å²) in [7, 11) is 2.06. The van der Waals surface area contributed by atoms with Gasteiger partial charge in [-0.3, -0.25) is 0 Å². The summed E-state index contributed by atoms with van der Waals surface area (Å²) in [6, 6.07) is 8.44. The Bertz CT molecular complexity index is 271. The smallest absolute Gasteiger partial charge is 0.0482 e. The minimum absolute atomic E-state index is 0.186. The first-order valence-electron chi connectivity index (χ1n) is 4.51. The van der Waals surface area contributed by atoms with Crippen molar-refractivity contribution in [2.45, 2.75) is 19.2 Å². The lowest BCUT2D eigenvalue weighted by atomic mass is 10.2. The Labute approximate surface area is 85.3 Å². The number of nitrogens with zero attached hydrogens (tertiary/aromatic N) is 1. The summed E-state index contributed by atoms with van der Waals surface area (Å²) in [4.78, 5) is 2.17. The minimum Gasteiger partial charge on any atom is -0.373 e.